The molecule has 5 nitrogen and oxygen atoms in total. The first-order valence-corrected chi connectivity index (χ1v) is 10.0. The standard InChI is InChI=1S/C23H29NO4/c1-4-26-22-14-18-13-17(3)28-21(18)15-20(22)24-23(25)10-5-6-11-27-19-9-7-8-16(2)12-19/h7-9,12,14-15,17H,4-6,10-11,13H2,1-3H3,(H,24,25). The minimum atomic E-state index is -0.0255. The molecule has 0 saturated heterocycles. The second-order valence-corrected chi connectivity index (χ2v) is 7.19. The Morgan fingerprint density at radius 1 is 1.21 bits per heavy atom. The van der Waals surface area contributed by atoms with Crippen molar-refractivity contribution in [1.82, 2.24) is 0 Å². The summed E-state index contributed by atoms with van der Waals surface area (Å²) < 4.78 is 17.2. The maximum atomic E-state index is 12.4. The highest BCUT2D eigenvalue weighted by Crippen LogP contribution is 2.38. The normalized spacial score (nSPS) is 14.9. The largest absolute Gasteiger partial charge is 0.494 e. The van der Waals surface area contributed by atoms with E-state index >= 15 is 0 Å². The van der Waals surface area contributed by atoms with Gasteiger partial charge < -0.3 is 19.5 Å². The van der Waals surface area contributed by atoms with Gasteiger partial charge in [0.05, 0.1) is 18.9 Å². The zero-order valence-corrected chi connectivity index (χ0v) is 16.9. The molecule has 1 aliphatic heterocycles. The summed E-state index contributed by atoms with van der Waals surface area (Å²) in [5.74, 6) is 2.38. The number of anilines is 1. The van der Waals surface area contributed by atoms with Crippen LogP contribution in [-0.4, -0.2) is 25.2 Å². The number of aryl methyl sites for hydroxylation is 1. The minimum absolute atomic E-state index is 0.0255. The number of hydrogen-bond donors (Lipinski definition) is 1. The van der Waals surface area contributed by atoms with Gasteiger partial charge in [-0.05, 0) is 57.4 Å². The Morgan fingerprint density at radius 3 is 2.86 bits per heavy atom. The van der Waals surface area contributed by atoms with E-state index in [0.717, 1.165) is 36.3 Å². The van der Waals surface area contributed by atoms with Crippen LogP contribution in [0.2, 0.25) is 0 Å². The minimum Gasteiger partial charge on any atom is -0.494 e. The van der Waals surface area contributed by atoms with E-state index in [-0.39, 0.29) is 12.0 Å². The highest BCUT2D eigenvalue weighted by molar-refractivity contribution is 5.92. The third-order valence-electron chi connectivity index (χ3n) is 4.63. The molecule has 1 aliphatic rings. The molecule has 1 amide bonds. The van der Waals surface area contributed by atoms with Crippen LogP contribution in [0.15, 0.2) is 36.4 Å². The van der Waals surface area contributed by atoms with E-state index in [1.807, 2.05) is 57.2 Å². The predicted molar refractivity (Wildman–Crippen MR) is 111 cm³/mol. The zero-order chi connectivity index (χ0) is 19.9. The first-order valence-electron chi connectivity index (χ1n) is 10.0. The molecule has 1 N–H and O–H groups in total. The Labute approximate surface area is 167 Å². The van der Waals surface area contributed by atoms with Crippen molar-refractivity contribution in [3.8, 4) is 17.2 Å². The molecular weight excluding hydrogens is 354 g/mol. The molecule has 5 heteroatoms. The molecule has 0 fully saturated rings. The van der Waals surface area contributed by atoms with Crippen molar-refractivity contribution >= 4 is 11.6 Å². The molecule has 0 saturated carbocycles. The number of carbonyl (C=O) groups excluding carboxylic acids is 1. The van der Waals surface area contributed by atoms with Gasteiger partial charge in [-0.25, -0.2) is 0 Å². The van der Waals surface area contributed by atoms with Gasteiger partial charge in [-0.1, -0.05) is 12.1 Å². The Bertz CT molecular complexity index is 818. The van der Waals surface area contributed by atoms with Gasteiger partial charge in [-0.15, -0.1) is 0 Å². The summed E-state index contributed by atoms with van der Waals surface area (Å²) in [6, 6.07) is 11.8. The topological polar surface area (TPSA) is 56.8 Å². The average molecular weight is 383 g/mol. The zero-order valence-electron chi connectivity index (χ0n) is 16.9. The van der Waals surface area contributed by atoms with Crippen LogP contribution in [0.4, 0.5) is 5.69 Å². The lowest BCUT2D eigenvalue weighted by atomic mass is 10.1. The summed E-state index contributed by atoms with van der Waals surface area (Å²) >= 11 is 0. The lowest BCUT2D eigenvalue weighted by Crippen LogP contribution is -2.13. The molecule has 3 rings (SSSR count). The van der Waals surface area contributed by atoms with E-state index in [1.165, 1.54) is 5.56 Å². The quantitative estimate of drug-likeness (QED) is 0.626. The van der Waals surface area contributed by atoms with E-state index in [2.05, 4.69) is 5.32 Å². The number of nitrogens with one attached hydrogen (secondary N) is 1. The van der Waals surface area contributed by atoms with Gasteiger partial charge >= 0.3 is 0 Å². The van der Waals surface area contributed by atoms with Crippen LogP contribution in [0.5, 0.6) is 17.2 Å². The maximum absolute atomic E-state index is 12.4. The highest BCUT2D eigenvalue weighted by atomic mass is 16.5. The van der Waals surface area contributed by atoms with E-state index in [4.69, 9.17) is 14.2 Å². The maximum Gasteiger partial charge on any atom is 0.224 e. The summed E-state index contributed by atoms with van der Waals surface area (Å²) in [5, 5.41) is 2.97. The fourth-order valence-corrected chi connectivity index (χ4v) is 3.31. The molecular formula is C23H29NO4. The molecule has 0 radical (unpaired) electrons. The Balaban J connectivity index is 1.47. The molecule has 2 aromatic carbocycles. The number of benzene rings is 2. The molecule has 0 aromatic heterocycles. The van der Waals surface area contributed by atoms with Gasteiger partial charge in [-0.2, -0.15) is 0 Å². The Hall–Kier alpha value is -2.69. The second-order valence-electron chi connectivity index (χ2n) is 7.19. The van der Waals surface area contributed by atoms with Gasteiger partial charge in [0.2, 0.25) is 5.91 Å². The van der Waals surface area contributed by atoms with Crippen molar-refractivity contribution in [3.05, 3.63) is 47.5 Å². The molecule has 0 bridgehead atoms. The third-order valence-corrected chi connectivity index (χ3v) is 4.63. The van der Waals surface area contributed by atoms with Crippen molar-refractivity contribution in [2.75, 3.05) is 18.5 Å². The number of unbranched alkanes of at least 4 members (excludes halogenated alkanes) is 1. The smallest absolute Gasteiger partial charge is 0.224 e. The number of fused-ring (bicyclic) bond motifs is 1. The lowest BCUT2D eigenvalue weighted by Gasteiger charge is -2.13. The van der Waals surface area contributed by atoms with Crippen LogP contribution in [0, 0.1) is 6.92 Å². The first kappa shape index (κ1) is 20.1. The number of amides is 1. The van der Waals surface area contributed by atoms with E-state index < -0.39 is 0 Å². The first-order chi connectivity index (χ1) is 13.5. The molecule has 0 spiro atoms. The molecule has 2 aromatic rings. The van der Waals surface area contributed by atoms with Gasteiger partial charge in [0.1, 0.15) is 23.4 Å². The SMILES string of the molecule is CCOc1cc2c(cc1NC(=O)CCCCOc1cccc(C)c1)OC(C)C2. The van der Waals surface area contributed by atoms with E-state index in [1.54, 1.807) is 0 Å². The Morgan fingerprint density at radius 2 is 2.07 bits per heavy atom. The van der Waals surface area contributed by atoms with Gasteiger partial charge in [0.25, 0.3) is 0 Å². The highest BCUT2D eigenvalue weighted by Gasteiger charge is 2.22. The van der Waals surface area contributed by atoms with Crippen LogP contribution < -0.4 is 19.5 Å². The van der Waals surface area contributed by atoms with Crippen LogP contribution in [0.25, 0.3) is 0 Å². The van der Waals surface area contributed by atoms with Crippen molar-refractivity contribution < 1.29 is 19.0 Å². The Kier molecular flexibility index (Phi) is 6.80. The van der Waals surface area contributed by atoms with Crippen LogP contribution in [0.1, 0.15) is 44.2 Å². The number of hydrogen-bond acceptors (Lipinski definition) is 4. The summed E-state index contributed by atoms with van der Waals surface area (Å²) in [6.07, 6.45) is 3.05. The van der Waals surface area contributed by atoms with E-state index in [0.29, 0.717) is 31.1 Å². The molecule has 1 atom stereocenters. The molecule has 150 valence electrons. The number of ether oxygens (including phenoxy) is 3. The van der Waals surface area contributed by atoms with Gasteiger partial charge in [0.15, 0.2) is 0 Å². The van der Waals surface area contributed by atoms with Gasteiger partial charge in [0, 0.05) is 24.5 Å². The second kappa shape index (κ2) is 9.49. The molecule has 0 aliphatic carbocycles. The fourth-order valence-electron chi connectivity index (χ4n) is 3.31. The van der Waals surface area contributed by atoms with Crippen molar-refractivity contribution in [1.29, 1.82) is 0 Å². The fraction of sp³-hybridized carbons (Fsp3) is 0.435. The number of carbonyl (C=O) groups is 1. The van der Waals surface area contributed by atoms with Crippen molar-refractivity contribution in [3.63, 3.8) is 0 Å². The summed E-state index contributed by atoms with van der Waals surface area (Å²) in [7, 11) is 0. The monoisotopic (exact) mass is 383 g/mol. The lowest BCUT2D eigenvalue weighted by molar-refractivity contribution is -0.116. The molecule has 1 unspecified atom stereocenters. The summed E-state index contributed by atoms with van der Waals surface area (Å²) in [4.78, 5) is 12.4. The predicted octanol–water partition coefficient (Wildman–Crippen LogP) is 4.90. The summed E-state index contributed by atoms with van der Waals surface area (Å²) in [5.41, 5.74) is 2.98. The third kappa shape index (κ3) is 5.41. The molecule has 1 heterocycles. The van der Waals surface area contributed by atoms with Crippen LogP contribution in [-0.2, 0) is 11.2 Å². The van der Waals surface area contributed by atoms with Crippen molar-refractivity contribution in [2.24, 2.45) is 0 Å². The molecule has 28 heavy (non-hydrogen) atoms. The van der Waals surface area contributed by atoms with Crippen LogP contribution in [0.3, 0.4) is 0 Å². The van der Waals surface area contributed by atoms with Crippen molar-refractivity contribution in [2.45, 2.75) is 52.6 Å². The summed E-state index contributed by atoms with van der Waals surface area (Å²) in [6.45, 7) is 7.17. The van der Waals surface area contributed by atoms with E-state index in [9.17, 15) is 4.79 Å². The van der Waals surface area contributed by atoms with Gasteiger partial charge in [-0.3, -0.25) is 4.79 Å². The average Bonchev–Trinajstić information content (AvgIpc) is 3.01. The van der Waals surface area contributed by atoms with Crippen LogP contribution >= 0.6 is 0 Å². The number of rotatable bonds is 9.